The van der Waals surface area contributed by atoms with Crippen LogP contribution in [0.3, 0.4) is 0 Å². The van der Waals surface area contributed by atoms with Gasteiger partial charge in [0, 0.05) is 16.8 Å². The molecule has 2 heteroatoms. The minimum absolute atomic E-state index is 0.649. The topological polar surface area (TPSA) is 13.1 Å². The van der Waals surface area contributed by atoms with Crippen molar-refractivity contribution in [1.82, 2.24) is 0 Å². The third-order valence-corrected chi connectivity index (χ3v) is 4.35. The molecule has 0 radical (unpaired) electrons. The Bertz CT molecular complexity index is 1010. The SMILES string of the molecule is Cc1cccc(OCC[n+]2cc3ccccc3c3ccccc32)c1. The smallest absolute Gasteiger partial charge is 0.213 e. The average Bonchev–Trinajstić information content (AvgIpc) is 2.62. The van der Waals surface area contributed by atoms with Crippen molar-refractivity contribution in [3.63, 3.8) is 0 Å². The quantitative estimate of drug-likeness (QED) is 0.394. The lowest BCUT2D eigenvalue weighted by Crippen LogP contribution is -2.37. The Kier molecular flexibility index (Phi) is 3.87. The Morgan fingerprint density at radius 2 is 1.62 bits per heavy atom. The van der Waals surface area contributed by atoms with E-state index in [1.54, 1.807) is 0 Å². The lowest BCUT2D eigenvalue weighted by molar-refractivity contribution is -0.670. The van der Waals surface area contributed by atoms with Crippen LogP contribution in [0.2, 0.25) is 0 Å². The van der Waals surface area contributed by atoms with Crippen LogP contribution in [0.4, 0.5) is 0 Å². The molecule has 3 aromatic carbocycles. The highest BCUT2D eigenvalue weighted by atomic mass is 16.5. The van der Waals surface area contributed by atoms with Gasteiger partial charge in [-0.05, 0) is 36.8 Å². The summed E-state index contributed by atoms with van der Waals surface area (Å²) in [6.07, 6.45) is 2.22. The first-order valence-electron chi connectivity index (χ1n) is 8.31. The van der Waals surface area contributed by atoms with E-state index < -0.39 is 0 Å². The van der Waals surface area contributed by atoms with Crippen molar-refractivity contribution >= 4 is 21.7 Å². The standard InChI is InChI=1S/C22H20NO/c1-17-7-6-9-19(15-17)24-14-13-23-16-18-8-2-3-10-20(18)21-11-4-5-12-22(21)23/h2-12,15-16H,13-14H2,1H3/q+1. The second-order valence-corrected chi connectivity index (χ2v) is 6.09. The zero-order chi connectivity index (χ0) is 16.4. The summed E-state index contributed by atoms with van der Waals surface area (Å²) in [7, 11) is 0. The number of aromatic nitrogens is 1. The van der Waals surface area contributed by atoms with Crippen LogP contribution in [0.25, 0.3) is 21.7 Å². The van der Waals surface area contributed by atoms with Gasteiger partial charge in [-0.15, -0.1) is 0 Å². The normalized spacial score (nSPS) is 11.0. The van der Waals surface area contributed by atoms with Gasteiger partial charge in [0.1, 0.15) is 12.4 Å². The lowest BCUT2D eigenvalue weighted by Gasteiger charge is -2.07. The Balaban J connectivity index is 1.65. The summed E-state index contributed by atoms with van der Waals surface area (Å²) < 4.78 is 8.22. The molecule has 4 aromatic rings. The summed E-state index contributed by atoms with van der Waals surface area (Å²) in [6, 6.07) is 25.3. The van der Waals surface area contributed by atoms with E-state index in [1.165, 1.54) is 27.2 Å². The van der Waals surface area contributed by atoms with Crippen LogP contribution in [-0.4, -0.2) is 6.61 Å². The maximum Gasteiger partial charge on any atom is 0.213 e. The predicted octanol–water partition coefficient (Wildman–Crippen LogP) is 4.67. The monoisotopic (exact) mass is 314 g/mol. The molecule has 0 spiro atoms. The maximum atomic E-state index is 5.93. The number of hydrogen-bond acceptors (Lipinski definition) is 1. The fraction of sp³-hybridized carbons (Fsp3) is 0.136. The second-order valence-electron chi connectivity index (χ2n) is 6.09. The van der Waals surface area contributed by atoms with Gasteiger partial charge in [-0.1, -0.05) is 42.5 Å². The summed E-state index contributed by atoms with van der Waals surface area (Å²) >= 11 is 0. The lowest BCUT2D eigenvalue weighted by atomic mass is 10.1. The first-order chi connectivity index (χ1) is 11.8. The Labute approximate surface area is 141 Å². The van der Waals surface area contributed by atoms with Crippen molar-refractivity contribution < 1.29 is 9.30 Å². The van der Waals surface area contributed by atoms with Gasteiger partial charge in [-0.25, -0.2) is 0 Å². The number of fused-ring (bicyclic) bond motifs is 3. The third kappa shape index (κ3) is 2.83. The van der Waals surface area contributed by atoms with Gasteiger partial charge in [0.25, 0.3) is 0 Å². The molecule has 0 fully saturated rings. The minimum atomic E-state index is 0.649. The Hall–Kier alpha value is -2.87. The molecule has 118 valence electrons. The van der Waals surface area contributed by atoms with E-state index in [0.29, 0.717) is 6.61 Å². The molecule has 0 unspecified atom stereocenters. The van der Waals surface area contributed by atoms with Gasteiger partial charge in [-0.2, -0.15) is 4.57 Å². The Morgan fingerprint density at radius 1 is 0.833 bits per heavy atom. The van der Waals surface area contributed by atoms with Crippen molar-refractivity contribution in [3.05, 3.63) is 84.6 Å². The van der Waals surface area contributed by atoms with E-state index in [4.69, 9.17) is 4.74 Å². The molecule has 0 amide bonds. The molecule has 0 N–H and O–H groups in total. The number of pyridine rings is 1. The molecule has 1 aromatic heterocycles. The van der Waals surface area contributed by atoms with Gasteiger partial charge in [0.05, 0.1) is 5.39 Å². The molecular formula is C22H20NO+. The van der Waals surface area contributed by atoms with Crippen LogP contribution >= 0.6 is 0 Å². The molecule has 24 heavy (non-hydrogen) atoms. The summed E-state index contributed by atoms with van der Waals surface area (Å²) in [6.45, 7) is 3.55. The molecule has 0 saturated heterocycles. The van der Waals surface area contributed by atoms with Crippen LogP contribution in [-0.2, 0) is 6.54 Å². The fourth-order valence-corrected chi connectivity index (χ4v) is 3.20. The van der Waals surface area contributed by atoms with Gasteiger partial charge in [-0.3, -0.25) is 0 Å². The molecule has 0 atom stereocenters. The number of nitrogens with zero attached hydrogens (tertiary/aromatic N) is 1. The highest BCUT2D eigenvalue weighted by molar-refractivity contribution is 6.03. The van der Waals surface area contributed by atoms with E-state index in [9.17, 15) is 0 Å². The molecule has 4 rings (SSSR count). The van der Waals surface area contributed by atoms with Crippen LogP contribution < -0.4 is 9.30 Å². The number of para-hydroxylation sites is 1. The number of hydrogen-bond donors (Lipinski definition) is 0. The minimum Gasteiger partial charge on any atom is -0.487 e. The van der Waals surface area contributed by atoms with Crippen molar-refractivity contribution in [2.24, 2.45) is 0 Å². The van der Waals surface area contributed by atoms with Crippen LogP contribution in [0.1, 0.15) is 5.56 Å². The molecule has 2 nitrogen and oxygen atoms in total. The van der Waals surface area contributed by atoms with Gasteiger partial charge in [0.15, 0.2) is 12.7 Å². The van der Waals surface area contributed by atoms with E-state index in [0.717, 1.165) is 12.3 Å². The van der Waals surface area contributed by atoms with Crippen molar-refractivity contribution in [1.29, 1.82) is 0 Å². The number of rotatable bonds is 4. The van der Waals surface area contributed by atoms with Gasteiger partial charge in [0.2, 0.25) is 5.52 Å². The average molecular weight is 314 g/mol. The number of benzene rings is 3. The van der Waals surface area contributed by atoms with E-state index in [2.05, 4.69) is 78.4 Å². The highest BCUT2D eigenvalue weighted by Gasteiger charge is 2.12. The summed E-state index contributed by atoms with van der Waals surface area (Å²) in [4.78, 5) is 0. The number of aryl methyl sites for hydroxylation is 1. The molecule has 0 saturated carbocycles. The second kappa shape index (κ2) is 6.32. The summed E-state index contributed by atoms with van der Waals surface area (Å²) in [5, 5.41) is 3.84. The van der Waals surface area contributed by atoms with Crippen molar-refractivity contribution in [2.45, 2.75) is 13.5 Å². The summed E-state index contributed by atoms with van der Waals surface area (Å²) in [5.41, 5.74) is 2.46. The molecule has 0 bridgehead atoms. The van der Waals surface area contributed by atoms with E-state index >= 15 is 0 Å². The zero-order valence-electron chi connectivity index (χ0n) is 13.8. The van der Waals surface area contributed by atoms with Gasteiger partial charge < -0.3 is 4.74 Å². The molecular weight excluding hydrogens is 294 g/mol. The largest absolute Gasteiger partial charge is 0.487 e. The first kappa shape index (κ1) is 14.7. The van der Waals surface area contributed by atoms with Crippen molar-refractivity contribution in [2.75, 3.05) is 6.61 Å². The zero-order valence-corrected chi connectivity index (χ0v) is 13.8. The first-order valence-corrected chi connectivity index (χ1v) is 8.31. The number of ether oxygens (including phenoxy) is 1. The highest BCUT2D eigenvalue weighted by Crippen LogP contribution is 2.22. The van der Waals surface area contributed by atoms with E-state index in [-0.39, 0.29) is 0 Å². The summed E-state index contributed by atoms with van der Waals surface area (Å²) in [5.74, 6) is 0.931. The molecule has 1 heterocycles. The van der Waals surface area contributed by atoms with Crippen LogP contribution in [0.5, 0.6) is 5.75 Å². The predicted molar refractivity (Wildman–Crippen MR) is 98.3 cm³/mol. The van der Waals surface area contributed by atoms with Gasteiger partial charge >= 0.3 is 0 Å². The van der Waals surface area contributed by atoms with E-state index in [1.807, 2.05) is 12.1 Å². The van der Waals surface area contributed by atoms with Crippen LogP contribution in [0.15, 0.2) is 79.0 Å². The maximum absolute atomic E-state index is 5.93. The Morgan fingerprint density at radius 3 is 2.50 bits per heavy atom. The van der Waals surface area contributed by atoms with Crippen molar-refractivity contribution in [3.8, 4) is 5.75 Å². The van der Waals surface area contributed by atoms with Crippen LogP contribution in [0, 0.1) is 6.92 Å². The third-order valence-electron chi connectivity index (χ3n) is 4.35. The molecule has 0 aliphatic rings. The molecule has 0 aliphatic heterocycles. The molecule has 0 aliphatic carbocycles. The fourth-order valence-electron chi connectivity index (χ4n) is 3.20.